The molecule has 1 heterocycles. The van der Waals surface area contributed by atoms with Gasteiger partial charge < -0.3 is 5.11 Å². The van der Waals surface area contributed by atoms with Gasteiger partial charge in [-0.15, -0.1) is 11.3 Å². The van der Waals surface area contributed by atoms with Crippen molar-refractivity contribution in [2.75, 3.05) is 11.3 Å². The summed E-state index contributed by atoms with van der Waals surface area (Å²) in [5, 5.41) is 17.3. The first-order valence-electron chi connectivity index (χ1n) is 5.78. The van der Waals surface area contributed by atoms with Crippen LogP contribution in [0.3, 0.4) is 0 Å². The van der Waals surface area contributed by atoms with Gasteiger partial charge in [0.05, 0.1) is 0 Å². The molecule has 0 saturated heterocycles. The molecule has 0 aliphatic rings. The van der Waals surface area contributed by atoms with E-state index in [1.165, 1.54) is 12.1 Å². The number of hydrogen-bond donors (Lipinski definition) is 2. The fraction of sp³-hybridized carbons (Fsp3) is 0.0714. The third-order valence-corrected chi connectivity index (χ3v) is 5.27. The van der Waals surface area contributed by atoms with Gasteiger partial charge >= 0.3 is 0 Å². The lowest BCUT2D eigenvalue weighted by atomic mass is 10.2. The van der Waals surface area contributed by atoms with Gasteiger partial charge in [-0.3, -0.25) is 4.72 Å². The molecule has 0 spiro atoms. The highest BCUT2D eigenvalue weighted by Crippen LogP contribution is 2.23. The summed E-state index contributed by atoms with van der Waals surface area (Å²) >= 11 is 0.912. The van der Waals surface area contributed by atoms with E-state index < -0.39 is 10.0 Å². The Kier molecular flexibility index (Phi) is 4.61. The molecule has 5 nitrogen and oxygen atoms in total. The molecule has 1 aromatic carbocycles. The molecule has 2 rings (SSSR count). The minimum atomic E-state index is -3.69. The molecule has 0 aliphatic heterocycles. The van der Waals surface area contributed by atoms with Crippen molar-refractivity contribution in [2.24, 2.45) is 0 Å². The molecule has 0 aliphatic carbocycles. The molecule has 1 aromatic heterocycles. The van der Waals surface area contributed by atoms with Crippen LogP contribution in [0.25, 0.3) is 0 Å². The second kappa shape index (κ2) is 6.42. The number of nitriles is 1. The van der Waals surface area contributed by atoms with Crippen LogP contribution in [0.2, 0.25) is 0 Å². The Balaban J connectivity index is 2.19. The first-order chi connectivity index (χ1) is 10.0. The van der Waals surface area contributed by atoms with Crippen LogP contribution < -0.4 is 4.72 Å². The van der Waals surface area contributed by atoms with Gasteiger partial charge in [0.2, 0.25) is 0 Å². The highest BCUT2D eigenvalue weighted by atomic mass is 32.2. The van der Waals surface area contributed by atoms with Crippen molar-refractivity contribution in [3.63, 3.8) is 0 Å². The summed E-state index contributed by atoms with van der Waals surface area (Å²) in [4.78, 5) is 0.338. The first-order valence-corrected chi connectivity index (χ1v) is 8.07. The van der Waals surface area contributed by atoms with Gasteiger partial charge in [-0.25, -0.2) is 8.42 Å². The van der Waals surface area contributed by atoms with E-state index in [9.17, 15) is 8.42 Å². The Hall–Kier alpha value is -2.32. The summed E-state index contributed by atoms with van der Waals surface area (Å²) in [5.41, 5.74) is 1.08. The van der Waals surface area contributed by atoms with E-state index in [1.54, 1.807) is 24.3 Å². The summed E-state index contributed by atoms with van der Waals surface area (Å²) in [7, 11) is -3.69. The van der Waals surface area contributed by atoms with Gasteiger partial charge in [-0.05, 0) is 36.4 Å². The Morgan fingerprint density at radius 2 is 1.90 bits per heavy atom. The van der Waals surface area contributed by atoms with E-state index in [-0.39, 0.29) is 10.8 Å². The van der Waals surface area contributed by atoms with Crippen LogP contribution in [0.5, 0.6) is 0 Å². The molecular weight excluding hydrogens is 308 g/mol. The highest BCUT2D eigenvalue weighted by molar-refractivity contribution is 7.94. The van der Waals surface area contributed by atoms with E-state index in [2.05, 4.69) is 16.6 Å². The van der Waals surface area contributed by atoms with E-state index in [0.29, 0.717) is 16.1 Å². The number of aliphatic hydroxyl groups is 1. The molecule has 7 heteroatoms. The van der Waals surface area contributed by atoms with Crippen LogP contribution in [-0.2, 0) is 10.0 Å². The standard InChI is InChI=1S/C14H10N2O3S2/c15-10-13-7-8-14(20-13)21(18,19)16-12-5-3-11(4-6-12)2-1-9-17/h3-8,16-17H,9H2. The maximum atomic E-state index is 12.1. The third kappa shape index (κ3) is 3.83. The SMILES string of the molecule is N#Cc1ccc(S(=O)(=O)Nc2ccc(C#CCO)cc2)s1. The van der Waals surface area contributed by atoms with Gasteiger partial charge in [-0.2, -0.15) is 5.26 Å². The molecule has 0 bridgehead atoms. The quantitative estimate of drug-likeness (QED) is 0.844. The zero-order chi connectivity index (χ0) is 15.3. The molecular formula is C14H10N2O3S2. The van der Waals surface area contributed by atoms with Gasteiger partial charge in [0, 0.05) is 11.3 Å². The number of aliphatic hydroxyl groups excluding tert-OH is 1. The van der Waals surface area contributed by atoms with Crippen LogP contribution in [0.4, 0.5) is 5.69 Å². The Morgan fingerprint density at radius 1 is 1.19 bits per heavy atom. The maximum Gasteiger partial charge on any atom is 0.271 e. The third-order valence-electron chi connectivity index (χ3n) is 2.41. The van der Waals surface area contributed by atoms with Gasteiger partial charge in [0.15, 0.2) is 0 Å². The molecule has 2 N–H and O–H groups in total. The lowest BCUT2D eigenvalue weighted by Gasteiger charge is -2.05. The largest absolute Gasteiger partial charge is 0.384 e. The van der Waals surface area contributed by atoms with Crippen molar-refractivity contribution in [3.05, 3.63) is 46.8 Å². The van der Waals surface area contributed by atoms with Gasteiger partial charge in [0.25, 0.3) is 10.0 Å². The summed E-state index contributed by atoms with van der Waals surface area (Å²) < 4.78 is 26.8. The van der Waals surface area contributed by atoms with E-state index in [0.717, 1.165) is 11.3 Å². The summed E-state index contributed by atoms with van der Waals surface area (Å²) in [6, 6.07) is 11.2. The van der Waals surface area contributed by atoms with E-state index in [4.69, 9.17) is 10.4 Å². The summed E-state index contributed by atoms with van der Waals surface area (Å²) in [6.07, 6.45) is 0. The average Bonchev–Trinajstić information content (AvgIpc) is 2.96. The molecule has 0 atom stereocenters. The molecule has 2 aromatic rings. The van der Waals surface area contributed by atoms with Crippen LogP contribution in [0.1, 0.15) is 10.4 Å². The Bertz CT molecular complexity index is 835. The zero-order valence-electron chi connectivity index (χ0n) is 10.7. The van der Waals surface area contributed by atoms with Crippen molar-refractivity contribution in [3.8, 4) is 17.9 Å². The van der Waals surface area contributed by atoms with Crippen molar-refractivity contribution in [1.29, 1.82) is 5.26 Å². The number of benzene rings is 1. The molecule has 0 amide bonds. The van der Waals surface area contributed by atoms with E-state index >= 15 is 0 Å². The van der Waals surface area contributed by atoms with Crippen molar-refractivity contribution in [2.45, 2.75) is 4.21 Å². The van der Waals surface area contributed by atoms with Crippen LogP contribution in [0, 0.1) is 23.2 Å². The van der Waals surface area contributed by atoms with Crippen molar-refractivity contribution < 1.29 is 13.5 Å². The number of sulfonamides is 1. The minimum Gasteiger partial charge on any atom is -0.384 e. The monoisotopic (exact) mass is 318 g/mol. The predicted molar refractivity (Wildman–Crippen MR) is 80.2 cm³/mol. The smallest absolute Gasteiger partial charge is 0.271 e. The zero-order valence-corrected chi connectivity index (χ0v) is 12.3. The number of anilines is 1. The number of thiophene rings is 1. The molecule has 0 fully saturated rings. The number of nitrogens with one attached hydrogen (secondary N) is 1. The predicted octanol–water partition coefficient (Wildman–Crippen LogP) is 1.76. The summed E-state index contributed by atoms with van der Waals surface area (Å²) in [6.45, 7) is -0.228. The van der Waals surface area contributed by atoms with Crippen molar-refractivity contribution >= 4 is 27.0 Å². The number of nitrogens with zero attached hydrogens (tertiary/aromatic N) is 1. The average molecular weight is 318 g/mol. The molecule has 0 radical (unpaired) electrons. The lowest BCUT2D eigenvalue weighted by Crippen LogP contribution is -2.11. The molecule has 0 saturated carbocycles. The molecule has 106 valence electrons. The second-order valence-electron chi connectivity index (χ2n) is 3.87. The Morgan fingerprint density at radius 3 is 2.48 bits per heavy atom. The maximum absolute atomic E-state index is 12.1. The second-order valence-corrected chi connectivity index (χ2v) is 6.87. The fourth-order valence-electron chi connectivity index (χ4n) is 1.49. The minimum absolute atomic E-state index is 0.0863. The summed E-state index contributed by atoms with van der Waals surface area (Å²) in [5.74, 6) is 5.22. The number of hydrogen-bond acceptors (Lipinski definition) is 5. The topological polar surface area (TPSA) is 90.2 Å². The Labute approximate surface area is 126 Å². The van der Waals surface area contributed by atoms with Crippen molar-refractivity contribution in [1.82, 2.24) is 0 Å². The van der Waals surface area contributed by atoms with Gasteiger partial charge in [0.1, 0.15) is 21.8 Å². The van der Waals surface area contributed by atoms with Crippen LogP contribution >= 0.6 is 11.3 Å². The lowest BCUT2D eigenvalue weighted by molar-refractivity contribution is 0.350. The van der Waals surface area contributed by atoms with Gasteiger partial charge in [-0.1, -0.05) is 11.8 Å². The van der Waals surface area contributed by atoms with Crippen LogP contribution in [0.15, 0.2) is 40.6 Å². The highest BCUT2D eigenvalue weighted by Gasteiger charge is 2.16. The fourth-order valence-corrected chi connectivity index (χ4v) is 3.66. The number of rotatable bonds is 3. The van der Waals surface area contributed by atoms with Crippen LogP contribution in [-0.4, -0.2) is 20.1 Å². The molecule has 0 unspecified atom stereocenters. The first kappa shape index (κ1) is 15.1. The normalized spacial score (nSPS) is 10.3. The molecule has 21 heavy (non-hydrogen) atoms. The van der Waals surface area contributed by atoms with E-state index in [1.807, 2.05) is 6.07 Å².